The first-order chi connectivity index (χ1) is 17.4. The zero-order valence-corrected chi connectivity index (χ0v) is 21.0. The fourth-order valence-corrected chi connectivity index (χ4v) is 4.31. The number of amides is 2. The number of para-hydroxylation sites is 1. The number of methoxy groups -OCH3 is 1. The van der Waals surface area contributed by atoms with Crippen molar-refractivity contribution in [2.75, 3.05) is 13.7 Å². The van der Waals surface area contributed by atoms with Gasteiger partial charge in [0.05, 0.1) is 17.8 Å². The molecule has 182 valence electrons. The number of hydrogen-bond acceptors (Lipinski definition) is 5. The molecule has 4 rings (SSSR count). The Labute approximate surface area is 214 Å². The lowest BCUT2D eigenvalue weighted by molar-refractivity contribution is -0.140. The molecule has 2 aromatic carbocycles. The highest BCUT2D eigenvalue weighted by Gasteiger charge is 2.35. The van der Waals surface area contributed by atoms with Crippen LogP contribution in [0, 0.1) is 11.3 Å². The smallest absolute Gasteiger partial charge is 0.271 e. The maximum absolute atomic E-state index is 13.4. The summed E-state index contributed by atoms with van der Waals surface area (Å²) in [7, 11) is 1.54. The fourth-order valence-electron chi connectivity index (χ4n) is 4.05. The molecule has 0 fully saturated rings. The number of aromatic nitrogens is 2. The molecule has 3 aromatic rings. The number of carbonyl (C=O) groups is 2. The van der Waals surface area contributed by atoms with Crippen molar-refractivity contribution in [1.29, 1.82) is 5.26 Å². The Kier molecular flexibility index (Phi) is 7.37. The number of nitriles is 1. The summed E-state index contributed by atoms with van der Waals surface area (Å²) in [5, 5.41) is 14.9. The van der Waals surface area contributed by atoms with Crippen LogP contribution in [0.15, 0.2) is 71.4 Å². The molecule has 0 N–H and O–H groups in total. The van der Waals surface area contributed by atoms with Crippen molar-refractivity contribution >= 4 is 29.5 Å². The van der Waals surface area contributed by atoms with Gasteiger partial charge >= 0.3 is 0 Å². The van der Waals surface area contributed by atoms with Crippen LogP contribution < -0.4 is 4.74 Å². The van der Waals surface area contributed by atoms with Gasteiger partial charge in [0, 0.05) is 29.4 Å². The summed E-state index contributed by atoms with van der Waals surface area (Å²) in [5.41, 5.74) is 3.41. The van der Waals surface area contributed by atoms with Gasteiger partial charge in [0.2, 0.25) is 0 Å². The second-order valence-electron chi connectivity index (χ2n) is 8.35. The van der Waals surface area contributed by atoms with Crippen molar-refractivity contribution < 1.29 is 14.3 Å². The predicted octanol–water partition coefficient (Wildman–Crippen LogP) is 5.59. The van der Waals surface area contributed by atoms with Gasteiger partial charge in [-0.05, 0) is 55.3 Å². The first-order valence-corrected chi connectivity index (χ1v) is 12.0. The van der Waals surface area contributed by atoms with Crippen molar-refractivity contribution in [3.63, 3.8) is 0 Å². The third kappa shape index (κ3) is 4.68. The summed E-state index contributed by atoms with van der Waals surface area (Å²) in [6.45, 7) is 3.86. The first-order valence-electron chi connectivity index (χ1n) is 11.6. The Morgan fingerprint density at radius 1 is 1.14 bits per heavy atom. The number of rotatable bonds is 7. The highest BCUT2D eigenvalue weighted by molar-refractivity contribution is 6.32. The SMILES string of the molecule is CCCCN1C(=O)C(C#N)=C(C)/C(=C\c2cn(-c3ccccc3)nc2-c2ccc(OC)c(Cl)c2)C1=O. The normalized spacial score (nSPS) is 15.0. The van der Waals surface area contributed by atoms with Crippen LogP contribution in [0.4, 0.5) is 0 Å². The zero-order chi connectivity index (χ0) is 25.8. The minimum absolute atomic E-state index is 0.0264. The van der Waals surface area contributed by atoms with Crippen LogP contribution in [0.2, 0.25) is 5.02 Å². The van der Waals surface area contributed by atoms with E-state index in [9.17, 15) is 14.9 Å². The molecule has 0 saturated carbocycles. The number of unbranched alkanes of at least 4 members (excludes halogenated alkanes) is 1. The largest absolute Gasteiger partial charge is 0.495 e. The molecule has 0 radical (unpaired) electrons. The Bertz CT molecular complexity index is 1430. The van der Waals surface area contributed by atoms with Crippen LogP contribution in [-0.2, 0) is 9.59 Å². The number of benzene rings is 2. The van der Waals surface area contributed by atoms with Gasteiger partial charge in [-0.3, -0.25) is 14.5 Å². The Morgan fingerprint density at radius 2 is 1.89 bits per heavy atom. The fraction of sp³-hybridized carbons (Fsp3) is 0.214. The lowest BCUT2D eigenvalue weighted by atomic mass is 9.93. The molecular weight excluding hydrogens is 476 g/mol. The van der Waals surface area contributed by atoms with E-state index in [1.165, 1.54) is 0 Å². The van der Waals surface area contributed by atoms with Crippen LogP contribution >= 0.6 is 11.6 Å². The molecule has 0 atom stereocenters. The summed E-state index contributed by atoms with van der Waals surface area (Å²) >= 11 is 6.40. The third-order valence-corrected chi connectivity index (χ3v) is 6.34. The van der Waals surface area contributed by atoms with E-state index in [0.29, 0.717) is 34.0 Å². The predicted molar refractivity (Wildman–Crippen MR) is 138 cm³/mol. The van der Waals surface area contributed by atoms with Crippen molar-refractivity contribution in [3.8, 4) is 28.8 Å². The molecule has 0 bridgehead atoms. The Morgan fingerprint density at radius 3 is 2.53 bits per heavy atom. The van der Waals surface area contributed by atoms with Gasteiger partial charge in [-0.1, -0.05) is 43.1 Å². The highest BCUT2D eigenvalue weighted by atomic mass is 35.5. The van der Waals surface area contributed by atoms with Gasteiger partial charge in [0.25, 0.3) is 11.8 Å². The topological polar surface area (TPSA) is 88.2 Å². The van der Waals surface area contributed by atoms with E-state index in [1.54, 1.807) is 36.9 Å². The van der Waals surface area contributed by atoms with Crippen LogP contribution in [0.1, 0.15) is 32.3 Å². The van der Waals surface area contributed by atoms with Crippen LogP contribution in [0.5, 0.6) is 5.75 Å². The quantitative estimate of drug-likeness (QED) is 0.311. The van der Waals surface area contributed by atoms with Crippen LogP contribution in [0.25, 0.3) is 23.0 Å². The van der Waals surface area contributed by atoms with E-state index < -0.39 is 11.8 Å². The number of imide groups is 1. The maximum Gasteiger partial charge on any atom is 0.271 e. The van der Waals surface area contributed by atoms with Gasteiger partial charge in [-0.15, -0.1) is 0 Å². The van der Waals surface area contributed by atoms with Crippen molar-refractivity contribution in [3.05, 3.63) is 82.0 Å². The van der Waals surface area contributed by atoms with Crippen LogP contribution in [0.3, 0.4) is 0 Å². The molecule has 0 spiro atoms. The van der Waals surface area contributed by atoms with Gasteiger partial charge in [0.15, 0.2) is 0 Å². The molecule has 0 aliphatic carbocycles. The van der Waals surface area contributed by atoms with Gasteiger partial charge in [-0.2, -0.15) is 10.4 Å². The lowest BCUT2D eigenvalue weighted by Crippen LogP contribution is -2.43. The van der Waals surface area contributed by atoms with E-state index in [0.717, 1.165) is 22.6 Å². The standard InChI is InChI=1S/C28H25ClN4O3/c1-4-5-13-32-27(34)22(18(2)23(16-30)28(32)35)14-20-17-33(21-9-7-6-8-10-21)31-26(20)19-11-12-25(36-3)24(29)15-19/h6-12,14-15,17H,4-5,13H2,1-3H3/b22-14+. The summed E-state index contributed by atoms with van der Waals surface area (Å²) < 4.78 is 7.00. The molecule has 8 heteroatoms. The number of ether oxygens (including phenoxy) is 1. The number of halogens is 1. The van der Waals surface area contributed by atoms with E-state index >= 15 is 0 Å². The molecule has 36 heavy (non-hydrogen) atoms. The summed E-state index contributed by atoms with van der Waals surface area (Å²) in [4.78, 5) is 27.4. The summed E-state index contributed by atoms with van der Waals surface area (Å²) in [6.07, 6.45) is 4.98. The second kappa shape index (κ2) is 10.6. The van der Waals surface area contributed by atoms with E-state index in [-0.39, 0.29) is 17.7 Å². The zero-order valence-electron chi connectivity index (χ0n) is 20.3. The molecule has 1 aliphatic heterocycles. The Hall–Kier alpha value is -4.15. The number of nitrogens with zero attached hydrogens (tertiary/aromatic N) is 4. The molecule has 7 nitrogen and oxygen atoms in total. The van der Waals surface area contributed by atoms with Crippen molar-refractivity contribution in [1.82, 2.24) is 14.7 Å². The molecular formula is C28H25ClN4O3. The molecule has 0 saturated heterocycles. The van der Waals surface area contributed by atoms with Crippen molar-refractivity contribution in [2.45, 2.75) is 26.7 Å². The van der Waals surface area contributed by atoms with Crippen LogP contribution in [-0.4, -0.2) is 40.1 Å². The first kappa shape index (κ1) is 25.0. The molecule has 1 aromatic heterocycles. The maximum atomic E-state index is 13.4. The molecule has 2 heterocycles. The van der Waals surface area contributed by atoms with E-state index in [4.69, 9.17) is 21.4 Å². The van der Waals surface area contributed by atoms with E-state index in [1.807, 2.05) is 55.6 Å². The molecule has 2 amide bonds. The summed E-state index contributed by atoms with van der Waals surface area (Å²) in [6, 6.07) is 16.9. The van der Waals surface area contributed by atoms with Gasteiger partial charge < -0.3 is 4.74 Å². The number of carbonyl (C=O) groups excluding carboxylic acids is 2. The van der Waals surface area contributed by atoms with Gasteiger partial charge in [-0.25, -0.2) is 4.68 Å². The second-order valence-corrected chi connectivity index (χ2v) is 8.76. The van der Waals surface area contributed by atoms with Crippen molar-refractivity contribution in [2.24, 2.45) is 0 Å². The average Bonchev–Trinajstić information content (AvgIpc) is 3.31. The van der Waals surface area contributed by atoms with Gasteiger partial charge in [0.1, 0.15) is 23.1 Å². The Balaban J connectivity index is 1.91. The molecule has 1 aliphatic rings. The minimum Gasteiger partial charge on any atom is -0.495 e. The monoisotopic (exact) mass is 500 g/mol. The lowest BCUT2D eigenvalue weighted by Gasteiger charge is -2.27. The third-order valence-electron chi connectivity index (χ3n) is 6.05. The minimum atomic E-state index is -0.548. The number of hydrogen-bond donors (Lipinski definition) is 0. The summed E-state index contributed by atoms with van der Waals surface area (Å²) in [5.74, 6) is -0.434. The molecule has 0 unspecified atom stereocenters. The highest BCUT2D eigenvalue weighted by Crippen LogP contribution is 2.34. The van der Waals surface area contributed by atoms with E-state index in [2.05, 4.69) is 0 Å². The average molecular weight is 501 g/mol.